The van der Waals surface area contributed by atoms with E-state index in [1.165, 1.54) is 0 Å². The van der Waals surface area contributed by atoms with Gasteiger partial charge in [0.15, 0.2) is 0 Å². The highest BCUT2D eigenvalue weighted by molar-refractivity contribution is 5.81. The lowest BCUT2D eigenvalue weighted by Gasteiger charge is -2.38. The molecule has 2 amide bonds. The largest absolute Gasteiger partial charge is 1.00 e. The van der Waals surface area contributed by atoms with Crippen molar-refractivity contribution in [3.8, 4) is 18.1 Å². The second-order valence-electron chi connectivity index (χ2n) is 19.2. The highest BCUT2D eigenvalue weighted by atomic mass is 35.5. The van der Waals surface area contributed by atoms with E-state index in [2.05, 4.69) is 83.2 Å². The van der Waals surface area contributed by atoms with Gasteiger partial charge < -0.3 is 68.1 Å². The smallest absolute Gasteiger partial charge is 0.247 e. The second kappa shape index (κ2) is 28.5. The van der Waals surface area contributed by atoms with Gasteiger partial charge in [-0.1, -0.05) is 76.4 Å². The number of terminal acetylenes is 1. The fourth-order valence-electron chi connectivity index (χ4n) is 8.63. The highest BCUT2D eigenvalue weighted by Gasteiger charge is 2.35. The van der Waals surface area contributed by atoms with Gasteiger partial charge >= 0.3 is 0 Å². The molecule has 4 aromatic rings. The van der Waals surface area contributed by atoms with Crippen LogP contribution in [0.5, 0.6) is 5.75 Å². The average Bonchev–Trinajstić information content (AvgIpc) is 4.07. The number of ether oxygens (including phenoxy) is 3. The Bertz CT molecular complexity index is 2290. The number of halogens is 1. The Balaban J connectivity index is 0.00000963. The zero-order valence-electron chi connectivity index (χ0n) is 42.9. The predicted octanol–water partition coefficient (Wildman–Crippen LogP) is 0.0195. The quantitative estimate of drug-likeness (QED) is 0.0454. The normalized spacial score (nSPS) is 16.3. The maximum Gasteiger partial charge on any atom is 0.247 e. The lowest BCUT2D eigenvalue weighted by atomic mass is 9.97. The van der Waals surface area contributed by atoms with Crippen molar-refractivity contribution in [2.75, 3.05) is 114 Å². The molecule has 6 N–H and O–H groups in total. The summed E-state index contributed by atoms with van der Waals surface area (Å²) in [5.41, 5.74) is 15.1. The number of anilines is 3. The van der Waals surface area contributed by atoms with Crippen LogP contribution in [0.15, 0.2) is 36.7 Å². The number of rotatable bonds is 27. The molecule has 2 fully saturated rings. The van der Waals surface area contributed by atoms with Crippen molar-refractivity contribution >= 4 is 29.7 Å². The third-order valence-corrected chi connectivity index (χ3v) is 12.8. The van der Waals surface area contributed by atoms with E-state index in [4.69, 9.17) is 47.1 Å². The number of hydrogen-bond acceptors (Lipinski definition) is 18. The fraction of sp³-hybridized carbons (Fsp3) is 0.653. The molecule has 5 unspecified atom stereocenters. The molecule has 0 aliphatic carbocycles. The molecule has 23 heteroatoms. The molecule has 22 nitrogen and oxygen atoms in total. The maximum atomic E-state index is 14.5. The van der Waals surface area contributed by atoms with Gasteiger partial charge in [-0.25, -0.2) is 9.36 Å². The van der Waals surface area contributed by atoms with Crippen LogP contribution in [-0.2, 0) is 30.2 Å². The van der Waals surface area contributed by atoms with Crippen LogP contribution in [0, 0.1) is 30.1 Å². The minimum atomic E-state index is -0.687. The van der Waals surface area contributed by atoms with Gasteiger partial charge in [-0.3, -0.25) is 9.59 Å². The molecule has 0 bridgehead atoms. The minimum Gasteiger partial charge on any atom is -1.00 e. The molecule has 2 aliphatic heterocycles. The molecule has 0 saturated carbocycles. The van der Waals surface area contributed by atoms with Crippen LogP contribution < -0.4 is 39.0 Å². The summed E-state index contributed by atoms with van der Waals surface area (Å²) in [7, 11) is 0. The zero-order valence-corrected chi connectivity index (χ0v) is 43.6. The summed E-state index contributed by atoms with van der Waals surface area (Å²) < 4.78 is 19.9. The molecule has 5 atom stereocenters. The third-order valence-electron chi connectivity index (χ3n) is 12.8. The summed E-state index contributed by atoms with van der Waals surface area (Å²) in [6, 6.07) is 5.07. The Morgan fingerprint density at radius 3 is 1.75 bits per heavy atom. The number of hydrogen-bond donors (Lipinski definition) is 4. The molecule has 0 spiro atoms. The molecule has 5 heterocycles. The van der Waals surface area contributed by atoms with Crippen molar-refractivity contribution in [3.05, 3.63) is 53.6 Å². The van der Waals surface area contributed by atoms with Gasteiger partial charge in [0.1, 0.15) is 24.4 Å². The molecule has 396 valence electrons. The van der Waals surface area contributed by atoms with Crippen LogP contribution >= 0.6 is 0 Å². The number of benzene rings is 1. The summed E-state index contributed by atoms with van der Waals surface area (Å²) in [5, 5.41) is 30.9. The first-order valence-electron chi connectivity index (χ1n) is 25.1. The Kier molecular flexibility index (Phi) is 22.7. The number of carbonyl (C=O) groups is 2. The van der Waals surface area contributed by atoms with Crippen molar-refractivity contribution in [1.82, 2.24) is 54.7 Å². The van der Waals surface area contributed by atoms with Crippen molar-refractivity contribution in [3.63, 3.8) is 0 Å². The monoisotopic (exact) mass is 1020 g/mol. The first-order valence-corrected chi connectivity index (χ1v) is 25.1. The van der Waals surface area contributed by atoms with E-state index in [1.807, 2.05) is 28.1 Å². The van der Waals surface area contributed by atoms with Crippen LogP contribution in [0.4, 0.5) is 17.8 Å². The van der Waals surface area contributed by atoms with E-state index < -0.39 is 12.1 Å². The predicted molar refractivity (Wildman–Crippen MR) is 269 cm³/mol. The molecule has 0 radical (unpaired) electrons. The zero-order chi connectivity index (χ0) is 50.9. The van der Waals surface area contributed by atoms with E-state index in [1.54, 1.807) is 27.7 Å². The first kappa shape index (κ1) is 57.2. The van der Waals surface area contributed by atoms with E-state index in [0.717, 1.165) is 24.8 Å². The van der Waals surface area contributed by atoms with Crippen molar-refractivity contribution < 1.29 is 41.3 Å². The van der Waals surface area contributed by atoms with Gasteiger partial charge in [0, 0.05) is 65.3 Å². The summed E-state index contributed by atoms with van der Waals surface area (Å²) in [5.74, 6) is 4.58. The summed E-state index contributed by atoms with van der Waals surface area (Å²) in [6.07, 6.45) is 11.5. The Morgan fingerprint density at radius 1 is 0.722 bits per heavy atom. The lowest BCUT2D eigenvalue weighted by molar-refractivity contribution is -0.137. The van der Waals surface area contributed by atoms with Crippen LogP contribution in [0.3, 0.4) is 0 Å². The van der Waals surface area contributed by atoms with Gasteiger partial charge in [-0.2, -0.15) is 15.0 Å². The van der Waals surface area contributed by atoms with Gasteiger partial charge in [0.05, 0.1) is 68.9 Å². The van der Waals surface area contributed by atoms with Crippen molar-refractivity contribution in [2.24, 2.45) is 29.2 Å². The van der Waals surface area contributed by atoms with Crippen LogP contribution in [-0.4, -0.2) is 170 Å². The summed E-state index contributed by atoms with van der Waals surface area (Å²) >= 11 is 0. The molecule has 2 saturated heterocycles. The Hall–Kier alpha value is -5.70. The number of aromatic hydroxyl groups is 1. The van der Waals surface area contributed by atoms with Crippen molar-refractivity contribution in [1.29, 1.82) is 0 Å². The van der Waals surface area contributed by atoms with Crippen LogP contribution in [0.1, 0.15) is 102 Å². The maximum absolute atomic E-state index is 14.5. The van der Waals surface area contributed by atoms with E-state index >= 15 is 0 Å². The standard InChI is InChI=1S/C49H76N16O6.ClH/c1-8-23-69-25-27-71-28-26-70-24-14-52-47-53-48(55-49(54-47)63-21-17-61(18-22-63)46(68)44(36(7)9-2)65-33-42(57-59-65)40(51)30-35(5)6)62-19-15-60(16-20-62)45(67)43(31-37-10-12-38(66)13-11-37)64-32-41(56-58-64)39(50)29-34(3)4;/h1,10-13,32-36,39-40,43-44,66H,9,14-31,50-51H2,2-7H3,(H,52,53,54,55);1H/p-1. The highest BCUT2D eigenvalue weighted by Crippen LogP contribution is 2.28. The van der Waals surface area contributed by atoms with Gasteiger partial charge in [0.25, 0.3) is 0 Å². The van der Waals surface area contributed by atoms with Gasteiger partial charge in [-0.05, 0) is 48.3 Å². The number of carbonyl (C=O) groups excluding carboxylic acids is 2. The minimum absolute atomic E-state index is 0. The van der Waals surface area contributed by atoms with Crippen molar-refractivity contribution in [2.45, 2.75) is 91.4 Å². The van der Waals surface area contributed by atoms with Gasteiger partial charge in [-0.15, -0.1) is 16.6 Å². The first-order chi connectivity index (χ1) is 34.2. The summed E-state index contributed by atoms with van der Waals surface area (Å²) in [4.78, 5) is 51.4. The number of amides is 2. The number of aromatic nitrogens is 9. The molecular formula is C49H76ClN16O6-. The number of phenols is 1. The Morgan fingerprint density at radius 2 is 1.22 bits per heavy atom. The van der Waals surface area contributed by atoms with E-state index in [-0.39, 0.29) is 54.6 Å². The van der Waals surface area contributed by atoms with E-state index in [0.29, 0.717) is 139 Å². The SMILES string of the molecule is C#CCOCCOCCOCCNc1nc(N2CCN(C(=O)C(Cc3ccc(O)cc3)n3cc(C(N)CC(C)C)nn3)CC2)nc(N2CCN(C(=O)C(C(C)CC)n3cc(C(N)CC(C)C)nn3)CC2)n1.[Cl-]. The summed E-state index contributed by atoms with van der Waals surface area (Å²) in [6.45, 7) is 19.0. The molecular weight excluding hydrogens is 944 g/mol. The fourth-order valence-corrected chi connectivity index (χ4v) is 8.63. The Labute approximate surface area is 430 Å². The molecule has 6 rings (SSSR count). The van der Waals surface area contributed by atoms with Crippen LogP contribution in [0.25, 0.3) is 0 Å². The number of nitrogens with zero attached hydrogens (tertiary/aromatic N) is 13. The second-order valence-corrected chi connectivity index (χ2v) is 19.2. The molecule has 72 heavy (non-hydrogen) atoms. The van der Waals surface area contributed by atoms with E-state index in [9.17, 15) is 14.7 Å². The third kappa shape index (κ3) is 16.4. The van der Waals surface area contributed by atoms with Crippen LogP contribution in [0.2, 0.25) is 0 Å². The number of piperazine rings is 2. The molecule has 3 aromatic heterocycles. The molecule has 1 aromatic carbocycles. The lowest BCUT2D eigenvalue weighted by Crippen LogP contribution is -3.00. The molecule has 2 aliphatic rings. The van der Waals surface area contributed by atoms with Gasteiger partial charge in [0.2, 0.25) is 29.7 Å². The number of phenolic OH excluding ortho intramolecular Hbond substituents is 1. The number of nitrogens with one attached hydrogen (secondary N) is 1. The average molecular weight is 1020 g/mol. The topological polar surface area (TPSA) is 259 Å². The number of nitrogens with two attached hydrogens (primary N) is 2.